The van der Waals surface area contributed by atoms with Crippen molar-refractivity contribution in [2.24, 2.45) is 0 Å². The van der Waals surface area contributed by atoms with Crippen molar-refractivity contribution < 1.29 is 14.4 Å². The fourth-order valence-electron chi connectivity index (χ4n) is 1.40. The number of rotatable bonds is 5. The Kier molecular flexibility index (Phi) is 4.97. The summed E-state index contributed by atoms with van der Waals surface area (Å²) in [5.41, 5.74) is 0.617. The lowest BCUT2D eigenvalue weighted by Crippen LogP contribution is -1.97. The van der Waals surface area contributed by atoms with Gasteiger partial charge in [-0.2, -0.15) is 0 Å². The Bertz CT molecular complexity index is 485. The van der Waals surface area contributed by atoms with Gasteiger partial charge in [-0.25, -0.2) is 0 Å². The Morgan fingerprint density at radius 1 is 1.56 bits per heavy atom. The fraction of sp³-hybridized carbons (Fsp3) is 0.333. The maximum atomic E-state index is 10.6. The molecule has 0 bridgehead atoms. The van der Waals surface area contributed by atoms with Crippen LogP contribution in [0.2, 0.25) is 5.02 Å². The molecule has 0 aromatic heterocycles. The Labute approximate surface area is 110 Å². The number of hydrogen-bond acceptors (Lipinski definition) is 4. The minimum Gasteiger partial charge on any atom is -0.493 e. The monoisotopic (exact) mass is 271 g/mol. The Hall–Kier alpha value is -1.75. The SMILES string of the molecule is CCOc1c(Cl)cc(C=C(C)[N+](=O)[O-])cc1OC. The van der Waals surface area contributed by atoms with E-state index in [2.05, 4.69) is 0 Å². The number of nitrogens with zero attached hydrogens (tertiary/aromatic N) is 1. The molecule has 0 aliphatic rings. The largest absolute Gasteiger partial charge is 0.493 e. The molecule has 1 aromatic carbocycles. The minimum atomic E-state index is -0.461. The van der Waals surface area contributed by atoms with E-state index in [0.29, 0.717) is 28.7 Å². The van der Waals surface area contributed by atoms with Crippen molar-refractivity contribution in [3.05, 3.63) is 38.5 Å². The predicted molar refractivity (Wildman–Crippen MR) is 69.8 cm³/mol. The van der Waals surface area contributed by atoms with E-state index in [9.17, 15) is 10.1 Å². The summed E-state index contributed by atoms with van der Waals surface area (Å²) in [5, 5.41) is 10.9. The molecule has 0 spiro atoms. The van der Waals surface area contributed by atoms with Crippen LogP contribution >= 0.6 is 11.6 Å². The molecule has 0 radical (unpaired) electrons. The Balaban J connectivity index is 3.22. The molecule has 1 aromatic rings. The van der Waals surface area contributed by atoms with Crippen LogP contribution in [-0.4, -0.2) is 18.6 Å². The normalized spacial score (nSPS) is 11.2. The van der Waals surface area contributed by atoms with E-state index < -0.39 is 4.92 Å². The van der Waals surface area contributed by atoms with Gasteiger partial charge in [0.2, 0.25) is 5.70 Å². The average Bonchev–Trinajstić information content (AvgIpc) is 2.32. The van der Waals surface area contributed by atoms with Crippen molar-refractivity contribution in [2.45, 2.75) is 13.8 Å². The number of methoxy groups -OCH3 is 1. The van der Waals surface area contributed by atoms with Crippen molar-refractivity contribution in [3.8, 4) is 11.5 Å². The third-order valence-corrected chi connectivity index (χ3v) is 2.48. The van der Waals surface area contributed by atoms with Gasteiger partial charge < -0.3 is 9.47 Å². The van der Waals surface area contributed by atoms with Crippen LogP contribution in [0, 0.1) is 10.1 Å². The van der Waals surface area contributed by atoms with Crippen LogP contribution in [0.5, 0.6) is 11.5 Å². The topological polar surface area (TPSA) is 61.6 Å². The van der Waals surface area contributed by atoms with Crippen molar-refractivity contribution in [3.63, 3.8) is 0 Å². The first kappa shape index (κ1) is 14.3. The first-order valence-corrected chi connectivity index (χ1v) is 5.70. The van der Waals surface area contributed by atoms with Crippen LogP contribution in [0.4, 0.5) is 0 Å². The molecule has 0 saturated heterocycles. The average molecular weight is 272 g/mol. The summed E-state index contributed by atoms with van der Waals surface area (Å²) in [6.45, 7) is 3.70. The first-order valence-electron chi connectivity index (χ1n) is 5.32. The second-order valence-electron chi connectivity index (χ2n) is 3.51. The Morgan fingerprint density at radius 2 is 2.22 bits per heavy atom. The highest BCUT2D eigenvalue weighted by Crippen LogP contribution is 2.36. The molecule has 6 heteroatoms. The molecule has 98 valence electrons. The van der Waals surface area contributed by atoms with Crippen LogP contribution in [0.1, 0.15) is 19.4 Å². The maximum absolute atomic E-state index is 10.6. The minimum absolute atomic E-state index is 0.0253. The van der Waals surface area contributed by atoms with Crippen LogP contribution in [0.3, 0.4) is 0 Å². The molecule has 18 heavy (non-hydrogen) atoms. The second-order valence-corrected chi connectivity index (χ2v) is 3.92. The molecular weight excluding hydrogens is 258 g/mol. The number of benzene rings is 1. The third-order valence-electron chi connectivity index (χ3n) is 2.20. The molecule has 0 heterocycles. The molecular formula is C12H14ClNO4. The predicted octanol–water partition coefficient (Wildman–Crippen LogP) is 3.38. The highest BCUT2D eigenvalue weighted by atomic mass is 35.5. The van der Waals surface area contributed by atoms with Gasteiger partial charge in [0.15, 0.2) is 11.5 Å². The second kappa shape index (κ2) is 6.26. The van der Waals surface area contributed by atoms with Crippen LogP contribution in [0.25, 0.3) is 6.08 Å². The van der Waals surface area contributed by atoms with Crippen LogP contribution in [-0.2, 0) is 0 Å². The van der Waals surface area contributed by atoms with Gasteiger partial charge in [0.05, 0.1) is 23.7 Å². The van der Waals surface area contributed by atoms with Crippen molar-refractivity contribution >= 4 is 17.7 Å². The summed E-state index contributed by atoms with van der Waals surface area (Å²) in [6, 6.07) is 3.24. The molecule has 0 aliphatic heterocycles. The summed E-state index contributed by atoms with van der Waals surface area (Å²) >= 11 is 6.05. The van der Waals surface area contributed by atoms with Gasteiger partial charge in [-0.1, -0.05) is 11.6 Å². The molecule has 0 unspecified atom stereocenters. The molecule has 0 amide bonds. The van der Waals surface area contributed by atoms with E-state index >= 15 is 0 Å². The highest BCUT2D eigenvalue weighted by Gasteiger charge is 2.12. The molecule has 5 nitrogen and oxygen atoms in total. The van der Waals surface area contributed by atoms with Crippen LogP contribution < -0.4 is 9.47 Å². The van der Waals surface area contributed by atoms with Gasteiger partial charge in [0, 0.05) is 13.0 Å². The third kappa shape index (κ3) is 3.37. The van der Waals surface area contributed by atoms with E-state index in [1.807, 2.05) is 6.92 Å². The van der Waals surface area contributed by atoms with Crippen molar-refractivity contribution in [1.82, 2.24) is 0 Å². The lowest BCUT2D eigenvalue weighted by molar-refractivity contribution is -0.422. The highest BCUT2D eigenvalue weighted by molar-refractivity contribution is 6.32. The summed E-state index contributed by atoms with van der Waals surface area (Å²) < 4.78 is 10.5. The number of nitro groups is 1. The zero-order valence-corrected chi connectivity index (χ0v) is 11.2. The van der Waals surface area contributed by atoms with Gasteiger partial charge in [0.1, 0.15) is 0 Å². The Morgan fingerprint density at radius 3 is 2.72 bits per heavy atom. The standard InChI is InChI=1S/C12H14ClNO4/c1-4-18-12-10(13)6-9(7-11(12)17-3)5-8(2)14(15)16/h5-7H,4H2,1-3H3. The number of allylic oxidation sites excluding steroid dienone is 1. The summed E-state index contributed by atoms with van der Waals surface area (Å²) in [5.74, 6) is 0.893. The van der Waals surface area contributed by atoms with Crippen LogP contribution in [0.15, 0.2) is 17.8 Å². The maximum Gasteiger partial charge on any atom is 0.243 e. The zero-order chi connectivity index (χ0) is 13.7. The lowest BCUT2D eigenvalue weighted by Gasteiger charge is -2.11. The number of halogens is 1. The lowest BCUT2D eigenvalue weighted by atomic mass is 10.1. The van der Waals surface area contributed by atoms with Crippen molar-refractivity contribution in [1.29, 1.82) is 0 Å². The van der Waals surface area contributed by atoms with E-state index in [1.54, 1.807) is 12.1 Å². The number of hydrogen-bond donors (Lipinski definition) is 0. The zero-order valence-electron chi connectivity index (χ0n) is 10.4. The molecule has 0 fully saturated rings. The van der Waals surface area contributed by atoms with Gasteiger partial charge in [-0.05, 0) is 24.6 Å². The summed E-state index contributed by atoms with van der Waals surface area (Å²) in [4.78, 5) is 10.1. The summed E-state index contributed by atoms with van der Waals surface area (Å²) in [6.07, 6.45) is 1.42. The van der Waals surface area contributed by atoms with Gasteiger partial charge in [-0.3, -0.25) is 10.1 Å². The van der Waals surface area contributed by atoms with Gasteiger partial charge in [0.25, 0.3) is 0 Å². The quantitative estimate of drug-likeness (QED) is 0.608. The summed E-state index contributed by atoms with van der Waals surface area (Å²) in [7, 11) is 1.49. The smallest absolute Gasteiger partial charge is 0.243 e. The van der Waals surface area contributed by atoms with E-state index in [0.717, 1.165) is 0 Å². The first-order chi connectivity index (χ1) is 8.49. The van der Waals surface area contributed by atoms with E-state index in [-0.39, 0.29) is 5.70 Å². The van der Waals surface area contributed by atoms with Gasteiger partial charge >= 0.3 is 0 Å². The molecule has 0 atom stereocenters. The molecule has 1 rings (SSSR count). The fourth-order valence-corrected chi connectivity index (χ4v) is 1.68. The van der Waals surface area contributed by atoms with E-state index in [1.165, 1.54) is 20.1 Å². The van der Waals surface area contributed by atoms with Crippen molar-refractivity contribution in [2.75, 3.05) is 13.7 Å². The molecule has 0 aliphatic carbocycles. The van der Waals surface area contributed by atoms with Gasteiger partial charge in [-0.15, -0.1) is 0 Å². The molecule has 0 saturated carbocycles. The van der Waals surface area contributed by atoms with E-state index in [4.69, 9.17) is 21.1 Å². The molecule has 0 N–H and O–H groups in total. The number of ether oxygens (including phenoxy) is 2.